The summed E-state index contributed by atoms with van der Waals surface area (Å²) in [6.45, 7) is 2.29. The van der Waals surface area contributed by atoms with Crippen molar-refractivity contribution >= 4 is 0 Å². The predicted octanol–water partition coefficient (Wildman–Crippen LogP) is 2.97. The molecule has 1 atom stereocenters. The first-order valence-electron chi connectivity index (χ1n) is 5.79. The van der Waals surface area contributed by atoms with E-state index in [4.69, 9.17) is 5.73 Å². The third-order valence-corrected chi connectivity index (χ3v) is 2.85. The second-order valence-corrected chi connectivity index (χ2v) is 4.43. The van der Waals surface area contributed by atoms with E-state index in [0.717, 1.165) is 23.4 Å². The molecule has 0 saturated heterocycles. The Bertz CT molecular complexity index is 541. The molecule has 19 heavy (non-hydrogen) atoms. The van der Waals surface area contributed by atoms with E-state index in [1.165, 1.54) is 12.1 Å². The Morgan fingerprint density at radius 3 is 2.42 bits per heavy atom. The van der Waals surface area contributed by atoms with Crippen LogP contribution in [0.3, 0.4) is 0 Å². The fraction of sp³-hybridized carbons (Fsp3) is 0.308. The van der Waals surface area contributed by atoms with Gasteiger partial charge in [-0.25, -0.2) is 4.98 Å². The number of benzene rings is 1. The Morgan fingerprint density at radius 2 is 1.89 bits per heavy atom. The topological polar surface area (TPSA) is 43.8 Å². The summed E-state index contributed by atoms with van der Waals surface area (Å²) in [6.07, 6.45) is -1.02. The van der Waals surface area contributed by atoms with Gasteiger partial charge in [-0.1, -0.05) is 12.1 Å². The van der Waals surface area contributed by atoms with Crippen molar-refractivity contribution in [1.29, 1.82) is 0 Å². The molecular formula is C13H14F3N3. The average Bonchev–Trinajstić information content (AvgIpc) is 2.77. The van der Waals surface area contributed by atoms with Crippen molar-refractivity contribution in [2.75, 3.05) is 0 Å². The van der Waals surface area contributed by atoms with Crippen LogP contribution < -0.4 is 5.73 Å². The molecule has 0 aliphatic rings. The minimum atomic E-state index is -4.30. The number of rotatable bonds is 3. The van der Waals surface area contributed by atoms with Gasteiger partial charge in [0.15, 0.2) is 0 Å². The van der Waals surface area contributed by atoms with Crippen LogP contribution in [0.25, 0.3) is 0 Å². The lowest BCUT2D eigenvalue weighted by Crippen LogP contribution is -2.12. The van der Waals surface area contributed by atoms with Crippen LogP contribution in [0.1, 0.15) is 29.8 Å². The van der Waals surface area contributed by atoms with Gasteiger partial charge in [-0.05, 0) is 24.6 Å². The molecule has 0 spiro atoms. The van der Waals surface area contributed by atoms with Gasteiger partial charge in [0.25, 0.3) is 0 Å². The number of halogens is 3. The van der Waals surface area contributed by atoms with Crippen molar-refractivity contribution < 1.29 is 13.2 Å². The Hall–Kier alpha value is -1.82. The van der Waals surface area contributed by atoms with Gasteiger partial charge in [-0.3, -0.25) is 0 Å². The van der Waals surface area contributed by atoms with Crippen molar-refractivity contribution in [2.45, 2.75) is 25.7 Å². The first kappa shape index (κ1) is 13.6. The van der Waals surface area contributed by atoms with Crippen LogP contribution in [0.15, 0.2) is 36.8 Å². The SMILES string of the molecule is C[C@@H](N)c1cncn1Cc1ccc(C(F)(F)F)cc1. The maximum Gasteiger partial charge on any atom is 0.416 e. The molecule has 102 valence electrons. The van der Waals surface area contributed by atoms with Crippen molar-refractivity contribution in [1.82, 2.24) is 9.55 Å². The van der Waals surface area contributed by atoms with Crippen LogP contribution in [-0.2, 0) is 12.7 Å². The maximum atomic E-state index is 12.4. The van der Waals surface area contributed by atoms with E-state index in [1.54, 1.807) is 12.5 Å². The molecule has 0 bridgehead atoms. The minimum Gasteiger partial charge on any atom is -0.329 e. The van der Waals surface area contributed by atoms with E-state index < -0.39 is 11.7 Å². The van der Waals surface area contributed by atoms with Gasteiger partial charge >= 0.3 is 6.18 Å². The van der Waals surface area contributed by atoms with Gasteiger partial charge < -0.3 is 10.3 Å². The second-order valence-electron chi connectivity index (χ2n) is 4.43. The number of alkyl halides is 3. The number of aromatic nitrogens is 2. The number of imidazole rings is 1. The van der Waals surface area contributed by atoms with E-state index in [9.17, 15) is 13.2 Å². The molecule has 2 aromatic rings. The molecule has 1 aromatic carbocycles. The summed E-state index contributed by atoms with van der Waals surface area (Å²) in [5.74, 6) is 0. The largest absolute Gasteiger partial charge is 0.416 e. The van der Waals surface area contributed by atoms with Gasteiger partial charge in [-0.15, -0.1) is 0 Å². The lowest BCUT2D eigenvalue weighted by Gasteiger charge is -2.12. The monoisotopic (exact) mass is 269 g/mol. The van der Waals surface area contributed by atoms with Gasteiger partial charge in [0.05, 0.1) is 17.6 Å². The summed E-state index contributed by atoms with van der Waals surface area (Å²) in [5, 5.41) is 0. The normalized spacial score (nSPS) is 13.5. The molecule has 0 radical (unpaired) electrons. The molecule has 2 N–H and O–H groups in total. The zero-order valence-electron chi connectivity index (χ0n) is 10.4. The van der Waals surface area contributed by atoms with Gasteiger partial charge in [0, 0.05) is 18.8 Å². The quantitative estimate of drug-likeness (QED) is 0.931. The summed E-state index contributed by atoms with van der Waals surface area (Å²) >= 11 is 0. The molecule has 1 aromatic heterocycles. The van der Waals surface area contributed by atoms with E-state index in [-0.39, 0.29) is 6.04 Å². The third-order valence-electron chi connectivity index (χ3n) is 2.85. The molecule has 0 aliphatic heterocycles. The Morgan fingerprint density at radius 1 is 1.26 bits per heavy atom. The second kappa shape index (κ2) is 5.05. The first-order chi connectivity index (χ1) is 8.88. The van der Waals surface area contributed by atoms with Crippen molar-refractivity contribution in [3.05, 3.63) is 53.6 Å². The lowest BCUT2D eigenvalue weighted by molar-refractivity contribution is -0.137. The van der Waals surface area contributed by atoms with Gasteiger partial charge in [0.2, 0.25) is 0 Å². The van der Waals surface area contributed by atoms with Crippen LogP contribution in [0, 0.1) is 0 Å². The fourth-order valence-electron chi connectivity index (χ4n) is 1.84. The van der Waals surface area contributed by atoms with Crippen LogP contribution >= 0.6 is 0 Å². The Balaban J connectivity index is 2.18. The molecule has 6 heteroatoms. The first-order valence-corrected chi connectivity index (χ1v) is 5.79. The molecule has 0 fully saturated rings. The average molecular weight is 269 g/mol. The van der Waals surface area contributed by atoms with E-state index in [2.05, 4.69) is 4.98 Å². The number of hydrogen-bond acceptors (Lipinski definition) is 2. The highest BCUT2D eigenvalue weighted by atomic mass is 19.4. The van der Waals surface area contributed by atoms with Crippen LogP contribution in [0.2, 0.25) is 0 Å². The zero-order chi connectivity index (χ0) is 14.0. The predicted molar refractivity (Wildman–Crippen MR) is 65.4 cm³/mol. The van der Waals surface area contributed by atoms with Crippen LogP contribution in [0.5, 0.6) is 0 Å². The summed E-state index contributed by atoms with van der Waals surface area (Å²) in [4.78, 5) is 4.00. The third kappa shape index (κ3) is 3.14. The van der Waals surface area contributed by atoms with Gasteiger partial charge in [0.1, 0.15) is 0 Å². The summed E-state index contributed by atoms with van der Waals surface area (Å²) in [7, 11) is 0. The molecule has 0 amide bonds. The highest BCUT2D eigenvalue weighted by molar-refractivity contribution is 5.25. The highest BCUT2D eigenvalue weighted by Gasteiger charge is 2.29. The number of nitrogens with zero attached hydrogens (tertiary/aromatic N) is 2. The number of nitrogens with two attached hydrogens (primary N) is 1. The molecule has 0 saturated carbocycles. The summed E-state index contributed by atoms with van der Waals surface area (Å²) in [6, 6.07) is 4.92. The summed E-state index contributed by atoms with van der Waals surface area (Å²) in [5.41, 5.74) is 6.76. The highest BCUT2D eigenvalue weighted by Crippen LogP contribution is 2.29. The van der Waals surface area contributed by atoms with Crippen LogP contribution in [0.4, 0.5) is 13.2 Å². The molecule has 3 nitrogen and oxygen atoms in total. The Kier molecular flexibility index (Phi) is 3.61. The fourth-order valence-corrected chi connectivity index (χ4v) is 1.84. The van der Waals surface area contributed by atoms with Gasteiger partial charge in [-0.2, -0.15) is 13.2 Å². The van der Waals surface area contributed by atoms with E-state index in [0.29, 0.717) is 6.54 Å². The molecule has 0 aliphatic carbocycles. The van der Waals surface area contributed by atoms with E-state index >= 15 is 0 Å². The standard InChI is InChI=1S/C13H14F3N3/c1-9(17)12-6-18-8-19(12)7-10-2-4-11(5-3-10)13(14,15)16/h2-6,8-9H,7,17H2,1H3/t9-/m1/s1. The van der Waals surface area contributed by atoms with Crippen LogP contribution in [-0.4, -0.2) is 9.55 Å². The maximum absolute atomic E-state index is 12.4. The van der Waals surface area contributed by atoms with Crippen molar-refractivity contribution in [2.24, 2.45) is 5.73 Å². The lowest BCUT2D eigenvalue weighted by atomic mass is 10.1. The molecular weight excluding hydrogens is 255 g/mol. The van der Waals surface area contributed by atoms with E-state index in [1.807, 2.05) is 11.5 Å². The summed E-state index contributed by atoms with van der Waals surface area (Å²) < 4.78 is 39.1. The zero-order valence-corrected chi connectivity index (χ0v) is 10.4. The molecule has 0 unspecified atom stereocenters. The van der Waals surface area contributed by atoms with Crippen molar-refractivity contribution in [3.63, 3.8) is 0 Å². The smallest absolute Gasteiger partial charge is 0.329 e. The van der Waals surface area contributed by atoms with Crippen molar-refractivity contribution in [3.8, 4) is 0 Å². The number of hydrogen-bond donors (Lipinski definition) is 1. The minimum absolute atomic E-state index is 0.169. The molecule has 2 rings (SSSR count). The molecule has 1 heterocycles. The Labute approximate surface area is 108 Å².